The fourth-order valence-corrected chi connectivity index (χ4v) is 2.33. The highest BCUT2D eigenvalue weighted by Crippen LogP contribution is 2.17. The summed E-state index contributed by atoms with van der Waals surface area (Å²) in [7, 11) is 0. The zero-order valence-corrected chi connectivity index (χ0v) is 9.65. The Balaban J connectivity index is 2.03. The number of H-pyrrole nitrogens is 1. The first-order valence-electron chi connectivity index (χ1n) is 5.11. The number of nitrogens with zero attached hydrogens (tertiary/aromatic N) is 2. The zero-order chi connectivity index (χ0) is 9.97. The van der Waals surface area contributed by atoms with Gasteiger partial charge >= 0.3 is 0 Å². The molecule has 2 rings (SSSR count). The minimum atomic E-state index is 1.02. The molecule has 78 valence electrons. The molecular formula is C10H17N3S. The molecule has 1 saturated heterocycles. The van der Waals surface area contributed by atoms with Crippen LogP contribution in [0.2, 0.25) is 0 Å². The van der Waals surface area contributed by atoms with Crippen molar-refractivity contribution in [3.8, 4) is 0 Å². The highest BCUT2D eigenvalue weighted by atomic mass is 32.2. The molecule has 4 heteroatoms. The zero-order valence-electron chi connectivity index (χ0n) is 8.84. The molecule has 0 spiro atoms. The molecule has 1 aliphatic heterocycles. The van der Waals surface area contributed by atoms with Crippen LogP contribution < -0.4 is 0 Å². The van der Waals surface area contributed by atoms with Gasteiger partial charge in [0.2, 0.25) is 0 Å². The van der Waals surface area contributed by atoms with Crippen LogP contribution in [0.1, 0.15) is 24.2 Å². The maximum atomic E-state index is 4.56. The van der Waals surface area contributed by atoms with Gasteiger partial charge in [0, 0.05) is 12.2 Å². The Kier molecular flexibility index (Phi) is 3.13. The third-order valence-electron chi connectivity index (χ3n) is 2.73. The van der Waals surface area contributed by atoms with Gasteiger partial charge in [-0.1, -0.05) is 11.8 Å². The summed E-state index contributed by atoms with van der Waals surface area (Å²) in [6.07, 6.45) is 4.75. The number of likely N-dealkylation sites (tertiary alicyclic amines) is 1. The number of rotatable bonds is 3. The standard InChI is InChI=1S/C10H17N3S/c1-8-9(12-10(11-8)14-2)7-13-5-3-4-6-13/h3-7H2,1-2H3,(H,11,12). The Bertz CT molecular complexity index is 302. The van der Waals surface area contributed by atoms with E-state index >= 15 is 0 Å². The van der Waals surface area contributed by atoms with Crippen molar-refractivity contribution in [3.63, 3.8) is 0 Å². The van der Waals surface area contributed by atoms with Crippen LogP contribution in [0.15, 0.2) is 5.16 Å². The van der Waals surface area contributed by atoms with Crippen molar-refractivity contribution in [2.75, 3.05) is 19.3 Å². The van der Waals surface area contributed by atoms with E-state index < -0.39 is 0 Å². The Morgan fingerprint density at radius 3 is 2.71 bits per heavy atom. The summed E-state index contributed by atoms with van der Waals surface area (Å²) in [5, 5.41) is 1.04. The van der Waals surface area contributed by atoms with E-state index in [1.807, 2.05) is 0 Å². The fourth-order valence-electron chi connectivity index (χ4n) is 1.87. The van der Waals surface area contributed by atoms with E-state index in [1.54, 1.807) is 11.8 Å². The average molecular weight is 211 g/mol. The molecule has 1 aromatic rings. The van der Waals surface area contributed by atoms with E-state index in [0.717, 1.165) is 11.7 Å². The van der Waals surface area contributed by atoms with Crippen molar-refractivity contribution in [2.45, 2.75) is 31.5 Å². The van der Waals surface area contributed by atoms with E-state index in [9.17, 15) is 0 Å². The highest BCUT2D eigenvalue weighted by molar-refractivity contribution is 7.98. The lowest BCUT2D eigenvalue weighted by molar-refractivity contribution is 0.326. The van der Waals surface area contributed by atoms with Crippen molar-refractivity contribution in [3.05, 3.63) is 11.4 Å². The minimum absolute atomic E-state index is 1.02. The molecule has 0 saturated carbocycles. The molecule has 0 radical (unpaired) electrons. The van der Waals surface area contributed by atoms with Gasteiger partial charge < -0.3 is 4.98 Å². The van der Waals surface area contributed by atoms with Crippen LogP contribution in [0.4, 0.5) is 0 Å². The SMILES string of the molecule is CSc1nc(CN2CCCC2)c(C)[nH]1. The largest absolute Gasteiger partial charge is 0.337 e. The second kappa shape index (κ2) is 4.36. The van der Waals surface area contributed by atoms with Crippen molar-refractivity contribution < 1.29 is 0 Å². The van der Waals surface area contributed by atoms with Crippen LogP contribution in [-0.4, -0.2) is 34.2 Å². The van der Waals surface area contributed by atoms with Gasteiger partial charge in [-0.3, -0.25) is 4.90 Å². The molecule has 2 heterocycles. The molecule has 0 aliphatic carbocycles. The monoisotopic (exact) mass is 211 g/mol. The van der Waals surface area contributed by atoms with Crippen molar-refractivity contribution in [1.82, 2.24) is 14.9 Å². The van der Waals surface area contributed by atoms with Crippen molar-refractivity contribution in [2.24, 2.45) is 0 Å². The first-order valence-corrected chi connectivity index (χ1v) is 6.34. The second-order valence-electron chi connectivity index (χ2n) is 3.80. The minimum Gasteiger partial charge on any atom is -0.337 e. The summed E-state index contributed by atoms with van der Waals surface area (Å²) >= 11 is 1.68. The Hall–Kier alpha value is -0.480. The van der Waals surface area contributed by atoms with E-state index in [0.29, 0.717) is 0 Å². The Morgan fingerprint density at radius 1 is 1.43 bits per heavy atom. The molecular weight excluding hydrogens is 194 g/mol. The molecule has 0 bridgehead atoms. The van der Waals surface area contributed by atoms with E-state index in [2.05, 4.69) is 28.0 Å². The highest BCUT2D eigenvalue weighted by Gasteiger charge is 2.14. The molecule has 1 aliphatic rings. The fraction of sp³-hybridized carbons (Fsp3) is 0.700. The van der Waals surface area contributed by atoms with Crippen LogP contribution in [0, 0.1) is 6.92 Å². The van der Waals surface area contributed by atoms with Gasteiger partial charge in [0.1, 0.15) is 0 Å². The first kappa shape index (κ1) is 10.1. The molecule has 0 aromatic carbocycles. The summed E-state index contributed by atoms with van der Waals surface area (Å²) in [6.45, 7) is 5.60. The van der Waals surface area contributed by atoms with Crippen LogP contribution in [0.3, 0.4) is 0 Å². The number of aromatic amines is 1. The van der Waals surface area contributed by atoms with Gasteiger partial charge in [0.25, 0.3) is 0 Å². The number of hydrogen-bond acceptors (Lipinski definition) is 3. The van der Waals surface area contributed by atoms with Gasteiger partial charge in [-0.15, -0.1) is 0 Å². The van der Waals surface area contributed by atoms with Crippen molar-refractivity contribution >= 4 is 11.8 Å². The maximum absolute atomic E-state index is 4.56. The third-order valence-corrected chi connectivity index (χ3v) is 3.31. The molecule has 0 atom stereocenters. The quantitative estimate of drug-likeness (QED) is 0.776. The van der Waals surface area contributed by atoms with Crippen LogP contribution in [-0.2, 0) is 6.54 Å². The number of imidazole rings is 1. The lowest BCUT2D eigenvalue weighted by Gasteiger charge is -2.12. The third kappa shape index (κ3) is 2.12. The molecule has 1 N–H and O–H groups in total. The summed E-state index contributed by atoms with van der Waals surface area (Å²) in [4.78, 5) is 10.3. The normalized spacial score (nSPS) is 17.9. The smallest absolute Gasteiger partial charge is 0.165 e. The molecule has 1 aromatic heterocycles. The number of hydrogen-bond donors (Lipinski definition) is 1. The summed E-state index contributed by atoms with van der Waals surface area (Å²) < 4.78 is 0. The van der Waals surface area contributed by atoms with E-state index in [4.69, 9.17) is 0 Å². The summed E-state index contributed by atoms with van der Waals surface area (Å²) in [5.41, 5.74) is 2.44. The Morgan fingerprint density at radius 2 is 2.14 bits per heavy atom. The van der Waals surface area contributed by atoms with E-state index in [-0.39, 0.29) is 0 Å². The lowest BCUT2D eigenvalue weighted by atomic mass is 10.3. The van der Waals surface area contributed by atoms with Gasteiger partial charge in [-0.05, 0) is 39.1 Å². The lowest BCUT2D eigenvalue weighted by Crippen LogP contribution is -2.19. The molecule has 3 nitrogen and oxygen atoms in total. The number of thioether (sulfide) groups is 1. The maximum Gasteiger partial charge on any atom is 0.165 e. The van der Waals surface area contributed by atoms with Crippen LogP contribution in [0.25, 0.3) is 0 Å². The van der Waals surface area contributed by atoms with Gasteiger partial charge in [0.05, 0.1) is 5.69 Å². The average Bonchev–Trinajstić information content (AvgIpc) is 2.78. The summed E-state index contributed by atoms with van der Waals surface area (Å²) in [6, 6.07) is 0. The predicted molar refractivity (Wildman–Crippen MR) is 59.6 cm³/mol. The molecule has 1 fully saturated rings. The topological polar surface area (TPSA) is 31.9 Å². The predicted octanol–water partition coefficient (Wildman–Crippen LogP) is 2.04. The number of aryl methyl sites for hydroxylation is 1. The van der Waals surface area contributed by atoms with Gasteiger partial charge in [-0.2, -0.15) is 0 Å². The first-order chi connectivity index (χ1) is 6.79. The van der Waals surface area contributed by atoms with Crippen LogP contribution in [0.5, 0.6) is 0 Å². The Labute approximate surface area is 89.3 Å². The van der Waals surface area contributed by atoms with Crippen molar-refractivity contribution in [1.29, 1.82) is 0 Å². The number of aromatic nitrogens is 2. The van der Waals surface area contributed by atoms with Gasteiger partial charge in [0.15, 0.2) is 5.16 Å². The number of nitrogens with one attached hydrogen (secondary N) is 1. The molecule has 0 amide bonds. The molecule has 0 unspecified atom stereocenters. The summed E-state index contributed by atoms with van der Waals surface area (Å²) in [5.74, 6) is 0. The second-order valence-corrected chi connectivity index (χ2v) is 4.60. The molecule has 14 heavy (non-hydrogen) atoms. The van der Waals surface area contributed by atoms with Gasteiger partial charge in [-0.25, -0.2) is 4.98 Å². The van der Waals surface area contributed by atoms with Crippen LogP contribution >= 0.6 is 11.8 Å². The van der Waals surface area contributed by atoms with E-state index in [1.165, 1.54) is 37.3 Å².